The zero-order chi connectivity index (χ0) is 31.9. The third-order valence-corrected chi connectivity index (χ3v) is 7.65. The molecular weight excluding hydrogens is 599 g/mol. The highest BCUT2D eigenvalue weighted by Gasteiger charge is 2.47. The van der Waals surface area contributed by atoms with Crippen molar-refractivity contribution in [2.75, 3.05) is 26.8 Å². The molecular formula is C26H31F5N8O5. The fourth-order valence-corrected chi connectivity index (χ4v) is 4.64. The summed E-state index contributed by atoms with van der Waals surface area (Å²) in [6.45, 7) is 0.439. The molecule has 2 aliphatic rings. The lowest BCUT2D eigenvalue weighted by atomic mass is 9.85. The molecule has 0 spiro atoms. The highest BCUT2D eigenvalue weighted by Crippen LogP contribution is 2.42. The molecule has 1 aliphatic carbocycles. The minimum atomic E-state index is -4.51. The van der Waals surface area contributed by atoms with Gasteiger partial charge in [-0.25, -0.2) is 27.7 Å². The van der Waals surface area contributed by atoms with Crippen LogP contribution in [0.4, 0.5) is 26.7 Å². The number of nitrogens with one attached hydrogen (secondary N) is 2. The number of rotatable bonds is 12. The largest absolute Gasteiger partial charge is 0.477 e. The van der Waals surface area contributed by atoms with E-state index in [1.807, 2.05) is 0 Å². The third-order valence-electron chi connectivity index (χ3n) is 7.65. The van der Waals surface area contributed by atoms with Crippen molar-refractivity contribution in [3.63, 3.8) is 0 Å². The second-order valence-electron chi connectivity index (χ2n) is 11.5. The highest BCUT2D eigenvalue weighted by atomic mass is 19.4. The van der Waals surface area contributed by atoms with E-state index < -0.39 is 54.6 Å². The molecule has 1 aliphatic heterocycles. The zero-order valence-corrected chi connectivity index (χ0v) is 24.0. The normalized spacial score (nSPS) is 18.6. The van der Waals surface area contributed by atoms with Gasteiger partial charge in [-0.15, -0.1) is 0 Å². The van der Waals surface area contributed by atoms with Gasteiger partial charge < -0.3 is 25.0 Å². The number of halogens is 5. The number of hydrogen-bond acceptors (Lipinski definition) is 9. The molecule has 4 heterocycles. The molecule has 18 heteroatoms. The van der Waals surface area contributed by atoms with E-state index in [1.54, 1.807) is 0 Å². The summed E-state index contributed by atoms with van der Waals surface area (Å²) < 4.78 is 86.1. The van der Waals surface area contributed by atoms with E-state index in [9.17, 15) is 31.5 Å². The molecule has 0 aromatic carbocycles. The van der Waals surface area contributed by atoms with Crippen LogP contribution < -0.4 is 15.4 Å². The van der Waals surface area contributed by atoms with Crippen LogP contribution in [0.1, 0.15) is 73.4 Å². The van der Waals surface area contributed by atoms with Crippen molar-refractivity contribution >= 4 is 17.6 Å². The second-order valence-corrected chi connectivity index (χ2v) is 11.5. The van der Waals surface area contributed by atoms with Crippen molar-refractivity contribution in [2.24, 2.45) is 5.41 Å². The Balaban J connectivity index is 1.45. The predicted molar refractivity (Wildman–Crippen MR) is 140 cm³/mol. The number of hydrogen-bond donors (Lipinski definition) is 2. The Bertz CT molecular complexity index is 1510. The van der Waals surface area contributed by atoms with Crippen molar-refractivity contribution in [3.05, 3.63) is 35.4 Å². The summed E-state index contributed by atoms with van der Waals surface area (Å²) in [6.07, 6.45) is -0.624. The number of amides is 3. The summed E-state index contributed by atoms with van der Waals surface area (Å²) in [6, 6.07) is -1.12. The Labute approximate surface area is 247 Å². The first kappa shape index (κ1) is 31.3. The Kier molecular flexibility index (Phi) is 8.39. The first-order chi connectivity index (χ1) is 20.7. The average Bonchev–Trinajstić information content (AvgIpc) is 3.48. The van der Waals surface area contributed by atoms with Gasteiger partial charge in [0.15, 0.2) is 5.65 Å². The maximum absolute atomic E-state index is 14.3. The van der Waals surface area contributed by atoms with Crippen LogP contribution >= 0.6 is 0 Å². The van der Waals surface area contributed by atoms with E-state index in [0.717, 1.165) is 31.6 Å². The molecule has 2 fully saturated rings. The van der Waals surface area contributed by atoms with Gasteiger partial charge in [-0.1, -0.05) is 13.8 Å². The van der Waals surface area contributed by atoms with Crippen LogP contribution in [0, 0.1) is 5.41 Å². The Morgan fingerprint density at radius 2 is 2.02 bits per heavy atom. The van der Waals surface area contributed by atoms with Gasteiger partial charge in [0.1, 0.15) is 0 Å². The number of fused-ring (bicyclic) bond motifs is 1. The van der Waals surface area contributed by atoms with Gasteiger partial charge in [0.05, 0.1) is 68.5 Å². The molecule has 44 heavy (non-hydrogen) atoms. The lowest BCUT2D eigenvalue weighted by molar-refractivity contribution is -0.214. The van der Waals surface area contributed by atoms with Crippen molar-refractivity contribution in [1.82, 2.24) is 40.4 Å². The topological polar surface area (TPSA) is 149 Å². The van der Waals surface area contributed by atoms with Gasteiger partial charge >= 0.3 is 12.2 Å². The summed E-state index contributed by atoms with van der Waals surface area (Å²) in [4.78, 5) is 31.1. The Morgan fingerprint density at radius 1 is 1.27 bits per heavy atom. The molecule has 240 valence electrons. The van der Waals surface area contributed by atoms with Gasteiger partial charge in [-0.2, -0.15) is 18.3 Å². The molecule has 13 nitrogen and oxygen atoms in total. The molecule has 0 bridgehead atoms. The maximum atomic E-state index is 14.3. The van der Waals surface area contributed by atoms with Crippen molar-refractivity contribution in [1.29, 1.82) is 0 Å². The number of alkyl halides is 5. The van der Waals surface area contributed by atoms with E-state index >= 15 is 0 Å². The first-order valence-corrected chi connectivity index (χ1v) is 13.8. The smallest absolute Gasteiger partial charge is 0.393 e. The molecule has 2 unspecified atom stereocenters. The number of carbonyl (C=O) groups excluding carboxylic acids is 2. The lowest BCUT2D eigenvalue weighted by Crippen LogP contribution is -2.58. The standard InChI is InChI=1S/C26H31F5N8O5/c1-24(2,26(29,30)31)7-6-16(35-21(40)20-22(42-3)37-44-36-20)17-10-39-19(34-17)8-14(9-33-39)18(11-43-15-4-5-15)38-13-25(27,28)12-32-23(38)41/h8-10,15-16,18H,4-7,11-13H2,1-3H3,(H,32,41)(H,35,40). The van der Waals surface area contributed by atoms with Gasteiger partial charge in [-0.3, -0.25) is 4.79 Å². The van der Waals surface area contributed by atoms with Crippen LogP contribution in [0.25, 0.3) is 5.65 Å². The van der Waals surface area contributed by atoms with Crippen molar-refractivity contribution in [2.45, 2.75) is 69.8 Å². The number of carbonyl (C=O) groups is 2. The molecule has 5 rings (SSSR count). The average molecular weight is 631 g/mol. The molecule has 1 saturated heterocycles. The van der Waals surface area contributed by atoms with Gasteiger partial charge in [0.25, 0.3) is 17.7 Å². The van der Waals surface area contributed by atoms with Crippen LogP contribution in [0.3, 0.4) is 0 Å². The number of ether oxygens (including phenoxy) is 2. The predicted octanol–water partition coefficient (Wildman–Crippen LogP) is 3.84. The van der Waals surface area contributed by atoms with Crippen molar-refractivity contribution < 1.29 is 45.6 Å². The summed E-state index contributed by atoms with van der Waals surface area (Å²) >= 11 is 0. The monoisotopic (exact) mass is 630 g/mol. The fourth-order valence-electron chi connectivity index (χ4n) is 4.64. The third kappa shape index (κ3) is 6.84. The molecule has 0 radical (unpaired) electrons. The minimum Gasteiger partial charge on any atom is -0.477 e. The quantitative estimate of drug-likeness (QED) is 0.285. The Hall–Kier alpha value is -4.09. The molecule has 2 N–H and O–H groups in total. The van der Waals surface area contributed by atoms with Crippen LogP contribution in [0.2, 0.25) is 0 Å². The number of aromatic nitrogens is 5. The van der Waals surface area contributed by atoms with Crippen LogP contribution in [-0.2, 0) is 4.74 Å². The molecule has 3 aromatic heterocycles. The van der Waals surface area contributed by atoms with E-state index in [0.29, 0.717) is 5.56 Å². The second kappa shape index (κ2) is 11.8. The minimum absolute atomic E-state index is 0.0237. The van der Waals surface area contributed by atoms with Gasteiger partial charge in [0.2, 0.25) is 5.69 Å². The molecule has 2 atom stereocenters. The molecule has 1 saturated carbocycles. The number of nitrogens with zero attached hydrogens (tertiary/aromatic N) is 6. The molecule has 3 aromatic rings. The van der Waals surface area contributed by atoms with Gasteiger partial charge in [-0.05, 0) is 42.1 Å². The lowest BCUT2D eigenvalue weighted by Gasteiger charge is -2.38. The molecule has 3 amide bonds. The van der Waals surface area contributed by atoms with E-state index in [1.165, 1.54) is 30.1 Å². The summed E-state index contributed by atoms with van der Waals surface area (Å²) in [5.41, 5.74) is -1.66. The maximum Gasteiger partial charge on any atom is 0.393 e. The summed E-state index contributed by atoms with van der Waals surface area (Å²) in [5.74, 6) is -4.20. The van der Waals surface area contributed by atoms with Crippen LogP contribution in [-0.4, -0.2) is 86.8 Å². The SMILES string of the molecule is COc1nonc1C(=O)NC(CCC(C)(C)C(F)(F)F)c1cn2ncc(C(COC3CC3)N3CC(F)(F)CNC3=O)cc2n1. The fraction of sp³-hybridized carbons (Fsp3) is 0.615. The number of urea groups is 1. The van der Waals surface area contributed by atoms with Gasteiger partial charge in [0, 0.05) is 5.56 Å². The summed E-state index contributed by atoms with van der Waals surface area (Å²) in [5, 5.41) is 16.1. The Morgan fingerprint density at radius 3 is 2.70 bits per heavy atom. The van der Waals surface area contributed by atoms with Crippen molar-refractivity contribution in [3.8, 4) is 5.88 Å². The number of methoxy groups -OCH3 is 1. The first-order valence-electron chi connectivity index (χ1n) is 13.8. The highest BCUT2D eigenvalue weighted by molar-refractivity contribution is 5.94. The summed E-state index contributed by atoms with van der Waals surface area (Å²) in [7, 11) is 1.24. The van der Waals surface area contributed by atoms with E-state index in [4.69, 9.17) is 9.47 Å². The van der Waals surface area contributed by atoms with E-state index in [-0.39, 0.29) is 48.5 Å². The van der Waals surface area contributed by atoms with E-state index in [2.05, 4.69) is 35.7 Å². The number of imidazole rings is 1. The zero-order valence-electron chi connectivity index (χ0n) is 24.0. The van der Waals surface area contributed by atoms with Crippen LogP contribution in [0.5, 0.6) is 5.88 Å². The van der Waals surface area contributed by atoms with Crippen LogP contribution in [0.15, 0.2) is 23.1 Å².